The van der Waals surface area contributed by atoms with E-state index in [1.54, 1.807) is 0 Å². The lowest BCUT2D eigenvalue weighted by atomic mass is 9.33. The van der Waals surface area contributed by atoms with E-state index < -0.39 is 0 Å². The van der Waals surface area contributed by atoms with E-state index in [9.17, 15) is 0 Å². The van der Waals surface area contributed by atoms with Gasteiger partial charge < -0.3 is 23.5 Å². The van der Waals surface area contributed by atoms with Crippen molar-refractivity contribution in [2.45, 2.75) is 209 Å². The van der Waals surface area contributed by atoms with E-state index in [-0.39, 0.29) is 50.0 Å². The molecule has 0 aliphatic carbocycles. The fraction of sp³-hybridized carbons (Fsp3) is 0.291. The molecule has 582 valence electrons. The molecule has 5 nitrogen and oxygen atoms in total. The molecule has 0 saturated carbocycles. The number of rotatable bonds is 7. The summed E-state index contributed by atoms with van der Waals surface area (Å²) in [6.45, 7) is 55.8. The van der Waals surface area contributed by atoms with Crippen LogP contribution in [0.5, 0.6) is 0 Å². The van der Waals surface area contributed by atoms with Crippen molar-refractivity contribution >= 4 is 123 Å². The van der Waals surface area contributed by atoms with Crippen molar-refractivity contribution in [1.82, 2.24) is 13.7 Å². The molecule has 2 aliphatic rings. The maximum atomic E-state index is 2.66. The number of anilines is 6. The Labute approximate surface area is 689 Å². The highest BCUT2D eigenvalue weighted by atomic mass is 15.2. The van der Waals surface area contributed by atoms with E-state index in [2.05, 4.69) is 444 Å². The largest absolute Gasteiger partial charge is 0.311 e. The van der Waals surface area contributed by atoms with Gasteiger partial charge in [0.1, 0.15) is 0 Å². The summed E-state index contributed by atoms with van der Waals surface area (Å²) in [5.41, 5.74) is 35.6. The first-order chi connectivity index (χ1) is 54.5. The van der Waals surface area contributed by atoms with Gasteiger partial charge in [-0.05, 0) is 224 Å². The second-order valence-corrected chi connectivity index (χ2v) is 42.1. The zero-order valence-electron chi connectivity index (χ0n) is 73.1. The molecule has 6 heteroatoms. The highest BCUT2D eigenvalue weighted by Crippen LogP contribution is 2.51. The monoisotopic (exact) mass is 1520 g/mol. The first-order valence-corrected chi connectivity index (χ1v) is 42.3. The van der Waals surface area contributed by atoms with E-state index in [0.29, 0.717) is 0 Å². The summed E-state index contributed by atoms with van der Waals surface area (Å²) in [6, 6.07) is 101. The summed E-state index contributed by atoms with van der Waals surface area (Å²) in [4.78, 5) is 5.32. The molecular formula is C110H114BN5. The van der Waals surface area contributed by atoms with Gasteiger partial charge in [-0.1, -0.05) is 324 Å². The van der Waals surface area contributed by atoms with Crippen molar-refractivity contribution in [1.29, 1.82) is 0 Å². The number of hydrogen-bond donors (Lipinski definition) is 0. The van der Waals surface area contributed by atoms with Crippen LogP contribution in [-0.2, 0) is 43.3 Å². The highest BCUT2D eigenvalue weighted by Gasteiger charge is 2.45. The van der Waals surface area contributed by atoms with Gasteiger partial charge >= 0.3 is 0 Å². The maximum Gasteiger partial charge on any atom is 0.252 e. The van der Waals surface area contributed by atoms with Crippen molar-refractivity contribution in [3.05, 3.63) is 299 Å². The van der Waals surface area contributed by atoms with Gasteiger partial charge in [0.25, 0.3) is 6.71 Å². The summed E-state index contributed by atoms with van der Waals surface area (Å²) in [6.07, 6.45) is 0. The minimum absolute atomic E-state index is 0.0282. The maximum absolute atomic E-state index is 2.66. The average Bonchev–Trinajstić information content (AvgIpc) is 1.06. The highest BCUT2D eigenvalue weighted by molar-refractivity contribution is 7.00. The normalized spacial score (nSPS) is 13.8. The third-order valence-electron chi connectivity index (χ3n) is 25.7. The number of aromatic nitrogens is 3. The molecule has 0 amide bonds. The molecule has 0 unspecified atom stereocenters. The lowest BCUT2D eigenvalue weighted by Gasteiger charge is -2.44. The van der Waals surface area contributed by atoms with E-state index in [4.69, 9.17) is 0 Å². The fourth-order valence-corrected chi connectivity index (χ4v) is 18.5. The number of hydrogen-bond acceptors (Lipinski definition) is 2. The molecule has 0 radical (unpaired) electrons. The predicted octanol–water partition coefficient (Wildman–Crippen LogP) is 28.8. The minimum Gasteiger partial charge on any atom is -0.311 e. The lowest BCUT2D eigenvalue weighted by Crippen LogP contribution is -2.61. The topological polar surface area (TPSA) is 21.3 Å². The molecule has 18 rings (SSSR count). The molecule has 16 aromatic rings. The molecule has 5 heterocycles. The molecule has 2 aliphatic heterocycles. The van der Waals surface area contributed by atoms with E-state index in [0.717, 1.165) is 51.2 Å². The summed E-state index contributed by atoms with van der Waals surface area (Å²) in [5, 5.41) is 7.47. The van der Waals surface area contributed by atoms with Crippen LogP contribution in [0.3, 0.4) is 0 Å². The van der Waals surface area contributed by atoms with Gasteiger partial charge in [0.2, 0.25) is 0 Å². The third kappa shape index (κ3) is 12.8. The van der Waals surface area contributed by atoms with Crippen molar-refractivity contribution in [2.75, 3.05) is 9.80 Å². The van der Waals surface area contributed by atoms with Crippen LogP contribution in [0, 0.1) is 0 Å². The summed E-state index contributed by atoms with van der Waals surface area (Å²) in [7, 11) is 0. The van der Waals surface area contributed by atoms with Gasteiger partial charge in [0, 0.05) is 77.8 Å². The Kier molecular flexibility index (Phi) is 17.2. The van der Waals surface area contributed by atoms with Crippen LogP contribution >= 0.6 is 0 Å². The molecule has 0 atom stereocenters. The zero-order chi connectivity index (χ0) is 81.9. The Hall–Kier alpha value is -11.1. The molecule has 0 fully saturated rings. The fourth-order valence-electron chi connectivity index (χ4n) is 18.5. The van der Waals surface area contributed by atoms with Gasteiger partial charge in [-0.15, -0.1) is 0 Å². The Morgan fingerprint density at radius 3 is 0.612 bits per heavy atom. The van der Waals surface area contributed by atoms with Crippen LogP contribution in [0.15, 0.2) is 255 Å². The summed E-state index contributed by atoms with van der Waals surface area (Å²) >= 11 is 0. The van der Waals surface area contributed by atoms with Crippen LogP contribution in [0.2, 0.25) is 0 Å². The first-order valence-electron chi connectivity index (χ1n) is 42.3. The van der Waals surface area contributed by atoms with Crippen molar-refractivity contribution in [3.8, 4) is 39.3 Å². The standard InChI is InChI=1S/C110H114BN5/c1-103(2,3)71-33-25-67(26-34-71)69-29-43-79(44-30-69)112-98-63-81(114-92-57-73(105(7,8)9)37-49-84(92)85-50-38-74(58-93(85)114)106(10,11)12)47-55-90(98)111-91-56-48-82(115-94-59-75(107(13,14)15)39-51-86(94)87-52-40-76(60-95(87)115)108(16,17)18)64-99(91)113(80-45-31-70(32-46-80)68-27-35-72(36-28-68)104(4,5)6)101-66-83(65-100(112)102(101)111)116-96-61-77(109(19,20)21)41-53-88(96)89-54-42-78(62-97(89)116)110(22,23)24/h25-66H,1-24H3. The Balaban J connectivity index is 0.990. The average molecular weight is 1520 g/mol. The van der Waals surface area contributed by atoms with Gasteiger partial charge in [-0.25, -0.2) is 0 Å². The first kappa shape index (κ1) is 76.2. The Morgan fingerprint density at radius 2 is 0.379 bits per heavy atom. The summed E-state index contributed by atoms with van der Waals surface area (Å²) < 4.78 is 7.83. The van der Waals surface area contributed by atoms with Crippen molar-refractivity contribution < 1.29 is 0 Å². The van der Waals surface area contributed by atoms with Gasteiger partial charge in [-0.3, -0.25) is 0 Å². The van der Waals surface area contributed by atoms with Crippen molar-refractivity contribution in [3.63, 3.8) is 0 Å². The molecule has 3 aromatic heterocycles. The number of nitrogens with zero attached hydrogens (tertiary/aromatic N) is 5. The molecule has 0 bridgehead atoms. The third-order valence-corrected chi connectivity index (χ3v) is 25.7. The molecule has 0 saturated heterocycles. The predicted molar refractivity (Wildman–Crippen MR) is 504 cm³/mol. The van der Waals surface area contributed by atoms with Crippen LogP contribution in [-0.4, -0.2) is 20.4 Å². The molecule has 0 spiro atoms. The molecule has 116 heavy (non-hydrogen) atoms. The number of fused-ring (bicyclic) bond motifs is 13. The second-order valence-electron chi connectivity index (χ2n) is 42.1. The zero-order valence-corrected chi connectivity index (χ0v) is 73.1. The van der Waals surface area contributed by atoms with Crippen molar-refractivity contribution in [2.24, 2.45) is 0 Å². The smallest absolute Gasteiger partial charge is 0.252 e. The van der Waals surface area contributed by atoms with E-state index >= 15 is 0 Å². The van der Waals surface area contributed by atoms with Gasteiger partial charge in [-0.2, -0.15) is 0 Å². The van der Waals surface area contributed by atoms with Crippen LogP contribution < -0.4 is 26.2 Å². The Morgan fingerprint density at radius 1 is 0.181 bits per heavy atom. The van der Waals surface area contributed by atoms with Crippen LogP contribution in [0.25, 0.3) is 105 Å². The van der Waals surface area contributed by atoms with Crippen LogP contribution in [0.1, 0.15) is 211 Å². The molecule has 13 aromatic carbocycles. The molecular weight excluding hydrogens is 1400 g/mol. The number of benzene rings is 13. The SMILES string of the molecule is CC(C)(C)c1ccc(-c2ccc(N3c4cc(-n5c6cc(C(C)(C)C)ccc6c6ccc(C(C)(C)C)cc65)ccc4B4c5ccc(-n6c7cc(C(C)(C)C)ccc7c7ccc(C(C)(C)C)cc76)cc5N(c5ccc(-c6ccc(C(C)(C)C)cc6)cc5)c5cc(-n6c7cc(C(C)(C)C)ccc7c7ccc(C(C)(C)C)cc76)cc3c54)cc2)cc1. The van der Waals surface area contributed by atoms with E-state index in [1.165, 1.54) is 149 Å². The Bertz CT molecular complexity index is 6130. The van der Waals surface area contributed by atoms with E-state index in [1.807, 2.05) is 0 Å². The second kappa shape index (κ2) is 26.2. The minimum atomic E-state index is -0.231. The molecule has 0 N–H and O–H groups in total. The summed E-state index contributed by atoms with van der Waals surface area (Å²) in [5.74, 6) is 0. The van der Waals surface area contributed by atoms with Gasteiger partial charge in [0.05, 0.1) is 38.8 Å². The lowest BCUT2D eigenvalue weighted by molar-refractivity contribution is 0.590. The van der Waals surface area contributed by atoms with Crippen LogP contribution in [0.4, 0.5) is 34.1 Å². The van der Waals surface area contributed by atoms with Gasteiger partial charge in [0.15, 0.2) is 0 Å². The quantitative estimate of drug-likeness (QED) is 0.148.